The van der Waals surface area contributed by atoms with E-state index in [0.29, 0.717) is 5.95 Å². The van der Waals surface area contributed by atoms with Crippen LogP contribution in [-0.4, -0.2) is 15.2 Å². The number of aromatic nitrogens is 3. The molecule has 1 unspecified atom stereocenters. The number of hydrogen-bond donors (Lipinski definition) is 1. The van der Waals surface area contributed by atoms with Crippen LogP contribution in [0.1, 0.15) is 56.3 Å². The predicted octanol–water partition coefficient (Wildman–Crippen LogP) is 3.73. The van der Waals surface area contributed by atoms with E-state index in [1.54, 1.807) is 0 Å². The number of nitrogens with one attached hydrogen (secondary N) is 1. The van der Waals surface area contributed by atoms with Crippen LogP contribution in [0.3, 0.4) is 0 Å². The third-order valence-electron chi connectivity index (χ3n) is 3.74. The Kier molecular flexibility index (Phi) is 5.26. The van der Waals surface area contributed by atoms with Crippen LogP contribution in [0.15, 0.2) is 24.3 Å². The largest absolute Gasteiger partial charge is 0.346 e. The maximum Gasteiger partial charge on any atom is 0.243 e. The van der Waals surface area contributed by atoms with Crippen molar-refractivity contribution in [1.82, 2.24) is 15.2 Å². The fourth-order valence-electron chi connectivity index (χ4n) is 2.32. The Morgan fingerprint density at radius 2 is 1.57 bits per heavy atom. The average molecular weight is 284 g/mol. The Morgan fingerprint density at radius 3 is 2.14 bits per heavy atom. The van der Waals surface area contributed by atoms with Crippen molar-refractivity contribution >= 4 is 5.95 Å². The molecule has 21 heavy (non-hydrogen) atoms. The van der Waals surface area contributed by atoms with E-state index in [0.717, 1.165) is 30.7 Å². The number of rotatable bonds is 6. The molecule has 4 nitrogen and oxygen atoms in total. The van der Waals surface area contributed by atoms with Crippen molar-refractivity contribution in [2.75, 3.05) is 5.32 Å². The molecule has 1 N–H and O–H groups in total. The Morgan fingerprint density at radius 1 is 0.905 bits per heavy atom. The smallest absolute Gasteiger partial charge is 0.243 e. The van der Waals surface area contributed by atoms with Crippen molar-refractivity contribution < 1.29 is 0 Å². The summed E-state index contributed by atoms with van der Waals surface area (Å²) in [7, 11) is 0. The van der Waals surface area contributed by atoms with E-state index in [9.17, 15) is 0 Å². The lowest BCUT2D eigenvalue weighted by atomic mass is 10.1. The van der Waals surface area contributed by atoms with Gasteiger partial charge < -0.3 is 5.32 Å². The van der Waals surface area contributed by atoms with Gasteiger partial charge in [-0.2, -0.15) is 5.10 Å². The molecule has 0 radical (unpaired) electrons. The van der Waals surface area contributed by atoms with Gasteiger partial charge in [-0.25, -0.2) is 4.98 Å². The molecule has 0 aliphatic carbocycles. The lowest BCUT2D eigenvalue weighted by Crippen LogP contribution is -2.13. The second-order valence-electron chi connectivity index (χ2n) is 5.20. The fraction of sp³-hybridized carbons (Fsp3) is 0.471. The average Bonchev–Trinajstić information content (AvgIpc) is 2.54. The highest BCUT2D eigenvalue weighted by atomic mass is 15.2. The molecular formula is C17H24N4. The molecule has 1 aromatic carbocycles. The molecule has 4 heteroatoms. The van der Waals surface area contributed by atoms with Gasteiger partial charge in [-0.05, 0) is 37.3 Å². The van der Waals surface area contributed by atoms with E-state index in [1.807, 2.05) is 0 Å². The van der Waals surface area contributed by atoms with Gasteiger partial charge in [-0.3, -0.25) is 0 Å². The van der Waals surface area contributed by atoms with E-state index in [1.165, 1.54) is 11.1 Å². The first-order valence-corrected chi connectivity index (χ1v) is 7.75. The number of anilines is 1. The third-order valence-corrected chi connectivity index (χ3v) is 3.74. The SMILES string of the molecule is CCc1ccc(C(C)Nc2nnc(CC)c(CC)n2)cc1. The molecule has 1 atom stereocenters. The molecule has 0 fully saturated rings. The Balaban J connectivity index is 2.12. The van der Waals surface area contributed by atoms with Gasteiger partial charge in [0.2, 0.25) is 5.95 Å². The minimum absolute atomic E-state index is 0.162. The van der Waals surface area contributed by atoms with Gasteiger partial charge in [0.1, 0.15) is 0 Å². The molecule has 0 amide bonds. The number of nitrogens with zero attached hydrogens (tertiary/aromatic N) is 3. The van der Waals surface area contributed by atoms with E-state index >= 15 is 0 Å². The molecular weight excluding hydrogens is 260 g/mol. The van der Waals surface area contributed by atoms with Crippen molar-refractivity contribution in [3.63, 3.8) is 0 Å². The van der Waals surface area contributed by atoms with Gasteiger partial charge >= 0.3 is 0 Å². The molecule has 0 aliphatic rings. The lowest BCUT2D eigenvalue weighted by Gasteiger charge is -2.15. The van der Waals surface area contributed by atoms with E-state index in [2.05, 4.69) is 72.5 Å². The normalized spacial score (nSPS) is 12.2. The number of benzene rings is 1. The van der Waals surface area contributed by atoms with Crippen molar-refractivity contribution in [1.29, 1.82) is 0 Å². The van der Waals surface area contributed by atoms with Gasteiger partial charge in [0.05, 0.1) is 17.4 Å². The first-order chi connectivity index (χ1) is 10.2. The molecule has 1 heterocycles. The van der Waals surface area contributed by atoms with Crippen molar-refractivity contribution in [3.8, 4) is 0 Å². The Hall–Kier alpha value is -1.97. The summed E-state index contributed by atoms with van der Waals surface area (Å²) < 4.78 is 0. The van der Waals surface area contributed by atoms with Crippen LogP contribution in [0.2, 0.25) is 0 Å². The number of hydrogen-bond acceptors (Lipinski definition) is 4. The first kappa shape index (κ1) is 15.4. The summed E-state index contributed by atoms with van der Waals surface area (Å²) in [5, 5.41) is 11.8. The summed E-state index contributed by atoms with van der Waals surface area (Å²) in [4.78, 5) is 4.58. The fourth-order valence-corrected chi connectivity index (χ4v) is 2.32. The summed E-state index contributed by atoms with van der Waals surface area (Å²) in [6.45, 7) is 8.46. The molecule has 0 aliphatic heterocycles. The Labute approximate surface area is 127 Å². The number of aryl methyl sites for hydroxylation is 3. The van der Waals surface area contributed by atoms with Crippen LogP contribution >= 0.6 is 0 Å². The van der Waals surface area contributed by atoms with Crippen LogP contribution in [0.4, 0.5) is 5.95 Å². The highest BCUT2D eigenvalue weighted by Crippen LogP contribution is 2.18. The maximum atomic E-state index is 4.58. The molecule has 0 saturated carbocycles. The van der Waals surface area contributed by atoms with Gasteiger partial charge in [0, 0.05) is 0 Å². The maximum absolute atomic E-state index is 4.58. The summed E-state index contributed by atoms with van der Waals surface area (Å²) in [6.07, 6.45) is 2.82. The van der Waals surface area contributed by atoms with Crippen molar-refractivity contribution in [2.45, 2.75) is 53.0 Å². The van der Waals surface area contributed by atoms with E-state index < -0.39 is 0 Å². The van der Waals surface area contributed by atoms with Gasteiger partial charge in [-0.15, -0.1) is 5.10 Å². The molecule has 0 saturated heterocycles. The van der Waals surface area contributed by atoms with E-state index in [-0.39, 0.29) is 6.04 Å². The van der Waals surface area contributed by atoms with Crippen LogP contribution in [0.25, 0.3) is 0 Å². The second kappa shape index (κ2) is 7.16. The Bertz CT molecular complexity index is 578. The topological polar surface area (TPSA) is 50.7 Å². The van der Waals surface area contributed by atoms with Crippen molar-refractivity contribution in [2.24, 2.45) is 0 Å². The third kappa shape index (κ3) is 3.78. The zero-order valence-corrected chi connectivity index (χ0v) is 13.3. The van der Waals surface area contributed by atoms with E-state index in [4.69, 9.17) is 0 Å². The zero-order valence-electron chi connectivity index (χ0n) is 13.3. The second-order valence-corrected chi connectivity index (χ2v) is 5.20. The molecule has 0 spiro atoms. The minimum Gasteiger partial charge on any atom is -0.346 e. The molecule has 2 aromatic rings. The van der Waals surface area contributed by atoms with Crippen LogP contribution < -0.4 is 5.32 Å². The highest BCUT2D eigenvalue weighted by Gasteiger charge is 2.10. The molecule has 2 rings (SSSR count). The molecule has 0 bridgehead atoms. The summed E-state index contributed by atoms with van der Waals surface area (Å²) in [5.74, 6) is 0.608. The van der Waals surface area contributed by atoms with Gasteiger partial charge in [0.15, 0.2) is 0 Å². The summed E-state index contributed by atoms with van der Waals surface area (Å²) in [5.41, 5.74) is 4.60. The van der Waals surface area contributed by atoms with Gasteiger partial charge in [-0.1, -0.05) is 45.0 Å². The highest BCUT2D eigenvalue weighted by molar-refractivity contribution is 5.33. The van der Waals surface area contributed by atoms with Crippen molar-refractivity contribution in [3.05, 3.63) is 46.8 Å². The van der Waals surface area contributed by atoms with Crippen LogP contribution in [0, 0.1) is 0 Å². The van der Waals surface area contributed by atoms with Crippen LogP contribution in [0.5, 0.6) is 0 Å². The first-order valence-electron chi connectivity index (χ1n) is 7.75. The van der Waals surface area contributed by atoms with Crippen LogP contribution in [-0.2, 0) is 19.3 Å². The predicted molar refractivity (Wildman–Crippen MR) is 86.4 cm³/mol. The lowest BCUT2D eigenvalue weighted by molar-refractivity contribution is 0.789. The summed E-state index contributed by atoms with van der Waals surface area (Å²) >= 11 is 0. The standard InChI is InChI=1S/C17H24N4/c1-5-13-8-10-14(11-9-13)12(4)18-17-19-15(6-2)16(7-3)20-21-17/h8-12H,5-7H2,1-4H3,(H,18,19,21). The molecule has 112 valence electrons. The minimum atomic E-state index is 0.162. The van der Waals surface area contributed by atoms with Gasteiger partial charge in [0.25, 0.3) is 0 Å². The monoisotopic (exact) mass is 284 g/mol. The quantitative estimate of drug-likeness (QED) is 0.878. The zero-order chi connectivity index (χ0) is 15.2. The molecule has 1 aromatic heterocycles. The summed E-state index contributed by atoms with van der Waals surface area (Å²) in [6, 6.07) is 8.82.